The van der Waals surface area contributed by atoms with Gasteiger partial charge in [-0.2, -0.15) is 4.98 Å². The minimum Gasteiger partial charge on any atom is -0.348 e. The predicted molar refractivity (Wildman–Crippen MR) is 85.6 cm³/mol. The van der Waals surface area contributed by atoms with Crippen LogP contribution in [0.15, 0.2) is 36.5 Å². The van der Waals surface area contributed by atoms with Gasteiger partial charge in [0.1, 0.15) is 5.82 Å². The summed E-state index contributed by atoms with van der Waals surface area (Å²) < 4.78 is 0. The highest BCUT2D eigenvalue weighted by molar-refractivity contribution is 5.49. The molecule has 1 unspecified atom stereocenters. The van der Waals surface area contributed by atoms with Gasteiger partial charge in [0, 0.05) is 33.4 Å². The molecule has 21 heavy (non-hydrogen) atoms. The summed E-state index contributed by atoms with van der Waals surface area (Å²) in [6, 6.07) is 10.7. The molecule has 2 N–H and O–H groups in total. The number of nitrogens with two attached hydrogens (primary N) is 1. The van der Waals surface area contributed by atoms with E-state index in [9.17, 15) is 0 Å². The van der Waals surface area contributed by atoms with Gasteiger partial charge in [-0.05, 0) is 23.6 Å². The average molecular weight is 283 g/mol. The SMILES string of the molecule is CN(C)c1nccc(N2CCc3ccccc3C2CN)n1. The summed E-state index contributed by atoms with van der Waals surface area (Å²) in [4.78, 5) is 13.1. The second kappa shape index (κ2) is 5.69. The third-order valence-corrected chi connectivity index (χ3v) is 3.96. The van der Waals surface area contributed by atoms with Crippen molar-refractivity contribution < 1.29 is 0 Å². The van der Waals surface area contributed by atoms with Crippen LogP contribution in [0.25, 0.3) is 0 Å². The molecule has 2 heterocycles. The summed E-state index contributed by atoms with van der Waals surface area (Å²) in [6.45, 7) is 1.51. The summed E-state index contributed by atoms with van der Waals surface area (Å²) in [6.07, 6.45) is 2.83. The van der Waals surface area contributed by atoms with E-state index in [-0.39, 0.29) is 6.04 Å². The standard InChI is InChI=1S/C16H21N5/c1-20(2)16-18-9-7-15(19-16)21-10-8-12-5-3-4-6-13(12)14(21)11-17/h3-7,9,14H,8,10-11,17H2,1-2H3. The van der Waals surface area contributed by atoms with E-state index >= 15 is 0 Å². The van der Waals surface area contributed by atoms with E-state index in [0.29, 0.717) is 6.54 Å². The zero-order valence-electron chi connectivity index (χ0n) is 12.5. The maximum atomic E-state index is 6.05. The van der Waals surface area contributed by atoms with Crippen molar-refractivity contribution in [2.45, 2.75) is 12.5 Å². The van der Waals surface area contributed by atoms with Crippen LogP contribution in [0.3, 0.4) is 0 Å². The molecular formula is C16H21N5. The van der Waals surface area contributed by atoms with Gasteiger partial charge < -0.3 is 15.5 Å². The van der Waals surface area contributed by atoms with Gasteiger partial charge in [-0.25, -0.2) is 4.98 Å². The number of anilines is 2. The van der Waals surface area contributed by atoms with Crippen molar-refractivity contribution in [3.8, 4) is 0 Å². The Balaban J connectivity index is 1.98. The lowest BCUT2D eigenvalue weighted by atomic mass is 9.92. The van der Waals surface area contributed by atoms with Crippen molar-refractivity contribution in [1.29, 1.82) is 0 Å². The van der Waals surface area contributed by atoms with E-state index in [1.807, 2.05) is 31.3 Å². The van der Waals surface area contributed by atoms with Crippen LogP contribution in [0.5, 0.6) is 0 Å². The molecule has 110 valence electrons. The molecule has 0 bridgehead atoms. The Hall–Kier alpha value is -2.14. The minimum atomic E-state index is 0.180. The molecular weight excluding hydrogens is 262 g/mol. The van der Waals surface area contributed by atoms with Gasteiger partial charge in [-0.1, -0.05) is 24.3 Å². The predicted octanol–water partition coefficient (Wildman–Crippen LogP) is 1.61. The molecule has 1 aromatic carbocycles. The molecule has 1 aromatic heterocycles. The fourth-order valence-electron chi connectivity index (χ4n) is 2.89. The van der Waals surface area contributed by atoms with Crippen molar-refractivity contribution in [3.63, 3.8) is 0 Å². The van der Waals surface area contributed by atoms with E-state index in [2.05, 4.69) is 39.1 Å². The van der Waals surface area contributed by atoms with E-state index < -0.39 is 0 Å². The molecule has 0 amide bonds. The molecule has 1 aliphatic rings. The van der Waals surface area contributed by atoms with Crippen LogP contribution >= 0.6 is 0 Å². The maximum absolute atomic E-state index is 6.05. The lowest BCUT2D eigenvalue weighted by molar-refractivity contribution is 0.583. The molecule has 5 heteroatoms. The fourth-order valence-corrected chi connectivity index (χ4v) is 2.89. The summed E-state index contributed by atoms with van der Waals surface area (Å²) in [5, 5.41) is 0. The first-order valence-electron chi connectivity index (χ1n) is 7.25. The highest BCUT2D eigenvalue weighted by Gasteiger charge is 2.27. The van der Waals surface area contributed by atoms with Crippen LogP contribution in [-0.4, -0.2) is 37.2 Å². The first-order chi connectivity index (χ1) is 10.2. The minimum absolute atomic E-state index is 0.180. The number of hydrogen-bond donors (Lipinski definition) is 1. The van der Waals surface area contributed by atoms with Crippen LogP contribution in [0, 0.1) is 0 Å². The molecule has 0 fully saturated rings. The quantitative estimate of drug-likeness (QED) is 0.927. The number of rotatable bonds is 3. The normalized spacial score (nSPS) is 17.5. The lowest BCUT2D eigenvalue weighted by Crippen LogP contribution is -2.40. The Labute approximate surface area is 125 Å². The van der Waals surface area contributed by atoms with Gasteiger partial charge >= 0.3 is 0 Å². The van der Waals surface area contributed by atoms with Gasteiger partial charge in [-0.3, -0.25) is 0 Å². The average Bonchev–Trinajstić information content (AvgIpc) is 2.53. The van der Waals surface area contributed by atoms with Crippen molar-refractivity contribution in [2.75, 3.05) is 37.0 Å². The molecule has 0 radical (unpaired) electrons. The monoisotopic (exact) mass is 283 g/mol. The van der Waals surface area contributed by atoms with Crippen LogP contribution in [0.4, 0.5) is 11.8 Å². The molecule has 0 saturated carbocycles. The molecule has 2 aromatic rings. The van der Waals surface area contributed by atoms with Gasteiger partial charge in [-0.15, -0.1) is 0 Å². The van der Waals surface area contributed by atoms with Crippen molar-refractivity contribution >= 4 is 11.8 Å². The van der Waals surface area contributed by atoms with E-state index in [1.54, 1.807) is 0 Å². The van der Waals surface area contributed by atoms with Crippen LogP contribution < -0.4 is 15.5 Å². The third-order valence-electron chi connectivity index (χ3n) is 3.96. The van der Waals surface area contributed by atoms with Crippen LogP contribution in [0.1, 0.15) is 17.2 Å². The summed E-state index contributed by atoms with van der Waals surface area (Å²) in [7, 11) is 3.90. The first kappa shape index (κ1) is 13.8. The van der Waals surface area contributed by atoms with E-state index in [4.69, 9.17) is 5.73 Å². The zero-order chi connectivity index (χ0) is 14.8. The van der Waals surface area contributed by atoms with Gasteiger partial charge in [0.05, 0.1) is 6.04 Å². The number of nitrogens with zero attached hydrogens (tertiary/aromatic N) is 4. The molecule has 0 aliphatic carbocycles. The lowest BCUT2D eigenvalue weighted by Gasteiger charge is -2.37. The number of aromatic nitrogens is 2. The Morgan fingerprint density at radius 1 is 1.29 bits per heavy atom. The largest absolute Gasteiger partial charge is 0.348 e. The van der Waals surface area contributed by atoms with E-state index in [0.717, 1.165) is 24.7 Å². The smallest absolute Gasteiger partial charge is 0.226 e. The van der Waals surface area contributed by atoms with Gasteiger partial charge in [0.25, 0.3) is 0 Å². The molecule has 3 rings (SSSR count). The highest BCUT2D eigenvalue weighted by Crippen LogP contribution is 2.32. The molecule has 1 aliphatic heterocycles. The van der Waals surface area contributed by atoms with E-state index in [1.165, 1.54) is 11.1 Å². The summed E-state index contributed by atoms with van der Waals surface area (Å²) >= 11 is 0. The fraction of sp³-hybridized carbons (Fsp3) is 0.375. The maximum Gasteiger partial charge on any atom is 0.226 e. The second-order valence-electron chi connectivity index (χ2n) is 5.50. The van der Waals surface area contributed by atoms with Gasteiger partial charge in [0.15, 0.2) is 0 Å². The van der Waals surface area contributed by atoms with Crippen molar-refractivity contribution in [2.24, 2.45) is 5.73 Å². The first-order valence-corrected chi connectivity index (χ1v) is 7.25. The molecule has 1 atom stereocenters. The summed E-state index contributed by atoms with van der Waals surface area (Å²) in [5.74, 6) is 1.67. The molecule has 0 saturated heterocycles. The topological polar surface area (TPSA) is 58.3 Å². The summed E-state index contributed by atoms with van der Waals surface area (Å²) in [5.41, 5.74) is 8.76. The zero-order valence-corrected chi connectivity index (χ0v) is 12.5. The number of benzene rings is 1. The van der Waals surface area contributed by atoms with Crippen molar-refractivity contribution in [3.05, 3.63) is 47.7 Å². The second-order valence-corrected chi connectivity index (χ2v) is 5.50. The Kier molecular flexibility index (Phi) is 3.75. The Morgan fingerprint density at radius 3 is 2.86 bits per heavy atom. The Bertz CT molecular complexity index is 626. The number of fused-ring (bicyclic) bond motifs is 1. The van der Waals surface area contributed by atoms with Crippen LogP contribution in [-0.2, 0) is 6.42 Å². The number of hydrogen-bond acceptors (Lipinski definition) is 5. The van der Waals surface area contributed by atoms with Gasteiger partial charge in [0.2, 0.25) is 5.95 Å². The third kappa shape index (κ3) is 2.56. The molecule has 0 spiro atoms. The Morgan fingerprint density at radius 2 is 2.10 bits per heavy atom. The van der Waals surface area contributed by atoms with Crippen LogP contribution in [0.2, 0.25) is 0 Å². The molecule has 5 nitrogen and oxygen atoms in total. The highest BCUT2D eigenvalue weighted by atomic mass is 15.3. The van der Waals surface area contributed by atoms with Crippen molar-refractivity contribution in [1.82, 2.24) is 9.97 Å².